The standard InChI is InChI=1S/C43H61N3O8/c1-25(2)24-54-36(50)22-30(27-14-10-8-11-15-27)41(52)46-23-32-37(43(32,4)5)39(46)34(48)21-31(29-20-26(29)3)40(51)33(47)18-19-35(49)44-38(42(53)45(6)7)28-16-12-9-13-17-28/h9,12-13,16-17,25-27,29-32,37-39H,8,10-11,14-15,18-24H2,1-7H3,(H,44,49)/t26?,29?,30-,31?,32-,37-,38?,39+/m0/s1. The van der Waals surface area contributed by atoms with Crippen LogP contribution in [0.3, 0.4) is 0 Å². The van der Waals surface area contributed by atoms with Gasteiger partial charge in [0.2, 0.25) is 23.5 Å². The molecule has 3 aliphatic carbocycles. The van der Waals surface area contributed by atoms with Crippen molar-refractivity contribution in [2.75, 3.05) is 27.2 Å². The zero-order chi connectivity index (χ0) is 39.5. The minimum Gasteiger partial charge on any atom is -0.465 e. The first-order chi connectivity index (χ1) is 25.5. The normalized spacial score (nSPS) is 25.9. The Kier molecular flexibility index (Phi) is 13.2. The Balaban J connectivity index is 1.27. The number of ether oxygens (including phenoxy) is 1. The van der Waals surface area contributed by atoms with E-state index in [2.05, 4.69) is 19.2 Å². The van der Waals surface area contributed by atoms with E-state index in [9.17, 15) is 33.6 Å². The van der Waals surface area contributed by atoms with E-state index in [1.165, 1.54) is 4.90 Å². The molecular formula is C43H61N3O8. The van der Waals surface area contributed by atoms with Crippen molar-refractivity contribution in [3.8, 4) is 0 Å². The van der Waals surface area contributed by atoms with Gasteiger partial charge in [-0.1, -0.05) is 84.2 Å². The second-order valence-electron chi connectivity index (χ2n) is 17.8. The Morgan fingerprint density at radius 3 is 2.17 bits per heavy atom. The number of rotatable bonds is 18. The van der Waals surface area contributed by atoms with Crippen LogP contribution >= 0.6 is 0 Å². The first kappa shape index (κ1) is 41.3. The van der Waals surface area contributed by atoms with Crippen molar-refractivity contribution >= 4 is 41.0 Å². The minimum atomic E-state index is -0.937. The van der Waals surface area contributed by atoms with Gasteiger partial charge in [0.25, 0.3) is 0 Å². The van der Waals surface area contributed by atoms with Crippen LogP contribution in [0, 0.1) is 52.8 Å². The Bertz CT molecular complexity index is 1580. The van der Waals surface area contributed by atoms with Gasteiger partial charge >= 0.3 is 5.97 Å². The molecule has 54 heavy (non-hydrogen) atoms. The van der Waals surface area contributed by atoms with Crippen LogP contribution in [0.2, 0.25) is 0 Å². The molecule has 11 nitrogen and oxygen atoms in total. The van der Waals surface area contributed by atoms with Gasteiger partial charge in [-0.2, -0.15) is 0 Å². The number of likely N-dealkylation sites (N-methyl/N-ethyl adjacent to an activating group) is 1. The molecule has 1 aromatic rings. The van der Waals surface area contributed by atoms with Crippen molar-refractivity contribution in [3.05, 3.63) is 35.9 Å². The molecule has 1 aromatic carbocycles. The number of likely N-dealkylation sites (tertiary alicyclic amines) is 1. The maximum atomic E-state index is 14.5. The van der Waals surface area contributed by atoms with Gasteiger partial charge in [0.1, 0.15) is 6.04 Å². The fraction of sp³-hybridized carbons (Fsp3) is 0.698. The molecule has 3 saturated carbocycles. The number of esters is 1. The van der Waals surface area contributed by atoms with E-state index >= 15 is 0 Å². The summed E-state index contributed by atoms with van der Waals surface area (Å²) >= 11 is 0. The Hall–Kier alpha value is -3.89. The maximum Gasteiger partial charge on any atom is 0.306 e. The van der Waals surface area contributed by atoms with E-state index in [1.54, 1.807) is 43.3 Å². The molecule has 3 amide bonds. The lowest BCUT2D eigenvalue weighted by atomic mass is 9.77. The zero-order valence-electron chi connectivity index (χ0n) is 33.3. The highest BCUT2D eigenvalue weighted by Gasteiger charge is 2.69. The molecule has 1 heterocycles. The van der Waals surface area contributed by atoms with Gasteiger partial charge in [0.15, 0.2) is 11.6 Å². The summed E-state index contributed by atoms with van der Waals surface area (Å²) in [5.41, 5.74) is 0.458. The number of Topliss-reactive ketones (excluding diaryl/α,β-unsaturated/α-hetero) is 3. The average Bonchev–Trinajstić information content (AvgIpc) is 3.92. The summed E-state index contributed by atoms with van der Waals surface area (Å²) in [6.07, 6.45) is 4.76. The van der Waals surface area contributed by atoms with Crippen LogP contribution in [-0.2, 0) is 38.3 Å². The van der Waals surface area contributed by atoms with E-state index in [0.29, 0.717) is 12.1 Å². The third-order valence-corrected chi connectivity index (χ3v) is 12.7. The summed E-state index contributed by atoms with van der Waals surface area (Å²) in [4.78, 5) is 98.2. The van der Waals surface area contributed by atoms with Gasteiger partial charge in [-0.3, -0.25) is 33.6 Å². The smallest absolute Gasteiger partial charge is 0.306 e. The lowest BCUT2D eigenvalue weighted by Gasteiger charge is -2.36. The third kappa shape index (κ3) is 9.48. The van der Waals surface area contributed by atoms with Crippen molar-refractivity contribution in [1.29, 1.82) is 0 Å². The Labute approximate surface area is 320 Å². The molecule has 8 atom stereocenters. The van der Waals surface area contributed by atoms with Crippen molar-refractivity contribution < 1.29 is 38.3 Å². The molecule has 0 bridgehead atoms. The van der Waals surface area contributed by atoms with Crippen molar-refractivity contribution in [2.24, 2.45) is 52.8 Å². The first-order valence-corrected chi connectivity index (χ1v) is 20.1. The number of fused-ring (bicyclic) bond motifs is 1. The summed E-state index contributed by atoms with van der Waals surface area (Å²) in [7, 11) is 3.19. The number of hydrogen-bond acceptors (Lipinski definition) is 8. The van der Waals surface area contributed by atoms with Gasteiger partial charge in [-0.05, 0) is 65.7 Å². The fourth-order valence-electron chi connectivity index (χ4n) is 9.26. The summed E-state index contributed by atoms with van der Waals surface area (Å²) in [5, 5.41) is 2.72. The van der Waals surface area contributed by atoms with Crippen LogP contribution in [0.15, 0.2) is 30.3 Å². The first-order valence-electron chi connectivity index (χ1n) is 20.1. The summed E-state index contributed by atoms with van der Waals surface area (Å²) in [6.45, 7) is 10.9. The van der Waals surface area contributed by atoms with Crippen LogP contribution in [0.1, 0.15) is 110 Å². The van der Waals surface area contributed by atoms with Crippen molar-refractivity contribution in [2.45, 2.75) is 111 Å². The zero-order valence-corrected chi connectivity index (χ0v) is 33.3. The monoisotopic (exact) mass is 747 g/mol. The molecule has 4 unspecified atom stereocenters. The fourth-order valence-corrected chi connectivity index (χ4v) is 9.26. The highest BCUT2D eigenvalue weighted by molar-refractivity contribution is 6.38. The van der Waals surface area contributed by atoms with E-state index in [1.807, 2.05) is 26.8 Å². The highest BCUT2D eigenvalue weighted by atomic mass is 16.5. The van der Waals surface area contributed by atoms with Crippen molar-refractivity contribution in [3.63, 3.8) is 0 Å². The van der Waals surface area contributed by atoms with E-state index in [-0.39, 0.29) is 96.8 Å². The molecule has 0 radical (unpaired) electrons. The highest BCUT2D eigenvalue weighted by Crippen LogP contribution is 2.65. The maximum absolute atomic E-state index is 14.5. The summed E-state index contributed by atoms with van der Waals surface area (Å²) in [6, 6.07) is 7.17. The van der Waals surface area contributed by atoms with Gasteiger partial charge in [0, 0.05) is 45.8 Å². The molecule has 0 spiro atoms. The molecule has 5 rings (SSSR count). The number of ketones is 3. The number of benzene rings is 1. The average molecular weight is 748 g/mol. The Morgan fingerprint density at radius 2 is 1.57 bits per heavy atom. The molecule has 0 aromatic heterocycles. The minimum absolute atomic E-state index is 0.00939. The summed E-state index contributed by atoms with van der Waals surface area (Å²) in [5.74, 6) is -4.02. The number of amides is 3. The predicted molar refractivity (Wildman–Crippen MR) is 202 cm³/mol. The van der Waals surface area contributed by atoms with Gasteiger partial charge in [-0.25, -0.2) is 0 Å². The molecule has 1 N–H and O–H groups in total. The second kappa shape index (κ2) is 17.3. The lowest BCUT2D eigenvalue weighted by Crippen LogP contribution is -2.50. The second-order valence-corrected chi connectivity index (χ2v) is 17.8. The molecular weight excluding hydrogens is 686 g/mol. The lowest BCUT2D eigenvalue weighted by molar-refractivity contribution is -0.153. The van der Waals surface area contributed by atoms with Gasteiger partial charge in [0.05, 0.1) is 25.0 Å². The molecule has 4 fully saturated rings. The number of piperidine rings is 1. The van der Waals surface area contributed by atoms with Crippen LogP contribution in [-0.4, -0.2) is 84.1 Å². The molecule has 11 heteroatoms. The van der Waals surface area contributed by atoms with Gasteiger partial charge < -0.3 is 19.9 Å². The molecule has 296 valence electrons. The van der Waals surface area contributed by atoms with Crippen LogP contribution in [0.4, 0.5) is 0 Å². The van der Waals surface area contributed by atoms with Crippen LogP contribution in [0.25, 0.3) is 0 Å². The number of nitrogens with one attached hydrogen (secondary N) is 1. The third-order valence-electron chi connectivity index (χ3n) is 12.7. The van der Waals surface area contributed by atoms with E-state index < -0.39 is 41.4 Å². The predicted octanol–water partition coefficient (Wildman–Crippen LogP) is 5.35. The molecule has 1 aliphatic heterocycles. The summed E-state index contributed by atoms with van der Waals surface area (Å²) < 4.78 is 5.53. The van der Waals surface area contributed by atoms with Crippen LogP contribution < -0.4 is 5.32 Å². The quantitative estimate of drug-likeness (QED) is 0.156. The topological polar surface area (TPSA) is 147 Å². The number of nitrogens with zero attached hydrogens (tertiary/aromatic N) is 2. The molecule has 4 aliphatic rings. The number of carbonyl (C=O) groups is 7. The largest absolute Gasteiger partial charge is 0.465 e. The molecule has 1 saturated heterocycles. The Morgan fingerprint density at radius 1 is 0.926 bits per heavy atom. The number of hydrogen-bond donors (Lipinski definition) is 1. The number of carbonyl (C=O) groups excluding carboxylic acids is 7. The van der Waals surface area contributed by atoms with Crippen LogP contribution in [0.5, 0.6) is 0 Å². The SMILES string of the molecule is CC(C)COC(=O)C[C@H](C(=O)N1C[C@H]2[C@@H]([C@H]1C(=O)CC(C(=O)C(=O)CCC(=O)NC(C(=O)N(C)C)c1ccccc1)C1CC1C)C2(C)C)C1CCCCC1. The van der Waals surface area contributed by atoms with Gasteiger partial charge in [-0.15, -0.1) is 0 Å². The van der Waals surface area contributed by atoms with Crippen molar-refractivity contribution in [1.82, 2.24) is 15.1 Å². The van der Waals surface area contributed by atoms with E-state index in [0.717, 1.165) is 38.5 Å². The van der Waals surface area contributed by atoms with E-state index in [4.69, 9.17) is 4.74 Å².